The molecule has 0 aliphatic heterocycles. The minimum Gasteiger partial charge on any atom is -0.497 e. The average molecular weight is 719 g/mol. The van der Waals surface area contributed by atoms with Crippen molar-refractivity contribution in [1.82, 2.24) is 0 Å². The van der Waals surface area contributed by atoms with E-state index in [2.05, 4.69) is 183 Å². The Bertz CT molecular complexity index is 2370. The van der Waals surface area contributed by atoms with E-state index < -0.39 is 0 Å². The van der Waals surface area contributed by atoms with Crippen LogP contribution in [0.5, 0.6) is 11.5 Å². The molecule has 8 rings (SSSR count). The molecule has 0 saturated carbocycles. The number of anilines is 6. The lowest BCUT2D eigenvalue weighted by molar-refractivity contribution is 0.415. The minimum absolute atomic E-state index is 0.187. The molecular formula is C51H46N2O2. The van der Waals surface area contributed by atoms with E-state index in [1.54, 1.807) is 14.2 Å². The molecule has 0 amide bonds. The van der Waals surface area contributed by atoms with E-state index in [0.29, 0.717) is 0 Å². The number of hydrogen-bond acceptors (Lipinski definition) is 4. The fraction of sp³-hybridized carbons (Fsp3) is 0.137. The number of rotatable bonds is 10. The van der Waals surface area contributed by atoms with Gasteiger partial charge in [0.1, 0.15) is 11.5 Å². The molecule has 1 aliphatic rings. The van der Waals surface area contributed by atoms with Crippen LogP contribution in [0.1, 0.15) is 47.2 Å². The topological polar surface area (TPSA) is 24.9 Å². The molecule has 0 unspecified atom stereocenters. The predicted octanol–water partition coefficient (Wildman–Crippen LogP) is 13.7. The van der Waals surface area contributed by atoms with Gasteiger partial charge in [0, 0.05) is 39.5 Å². The van der Waals surface area contributed by atoms with Crippen molar-refractivity contribution >= 4 is 46.3 Å². The summed E-state index contributed by atoms with van der Waals surface area (Å²) in [4.78, 5) is 4.60. The molecule has 272 valence electrons. The predicted molar refractivity (Wildman–Crippen MR) is 231 cm³/mol. The summed E-state index contributed by atoms with van der Waals surface area (Å²) in [5, 5.41) is 0. The van der Waals surface area contributed by atoms with E-state index in [1.807, 2.05) is 24.3 Å². The van der Waals surface area contributed by atoms with Gasteiger partial charge in [-0.3, -0.25) is 0 Å². The van der Waals surface area contributed by atoms with Gasteiger partial charge in [-0.15, -0.1) is 0 Å². The number of methoxy groups -OCH3 is 2. The Morgan fingerprint density at radius 2 is 0.745 bits per heavy atom. The monoisotopic (exact) mass is 718 g/mol. The summed E-state index contributed by atoms with van der Waals surface area (Å²) in [6, 6.07) is 56.5. The summed E-state index contributed by atoms with van der Waals surface area (Å²) >= 11 is 0. The van der Waals surface area contributed by atoms with Gasteiger partial charge in [-0.25, -0.2) is 0 Å². The van der Waals surface area contributed by atoms with Gasteiger partial charge in [0.25, 0.3) is 0 Å². The zero-order valence-electron chi connectivity index (χ0n) is 32.4. The highest BCUT2D eigenvalue weighted by atomic mass is 16.5. The van der Waals surface area contributed by atoms with Crippen molar-refractivity contribution < 1.29 is 9.47 Å². The molecule has 7 aromatic carbocycles. The van der Waals surface area contributed by atoms with Crippen LogP contribution < -0.4 is 19.3 Å². The Hall–Kier alpha value is -6.52. The average Bonchev–Trinajstić information content (AvgIpc) is 3.44. The largest absolute Gasteiger partial charge is 0.497 e. The Morgan fingerprint density at radius 3 is 1.22 bits per heavy atom. The minimum atomic E-state index is -0.187. The molecule has 0 bridgehead atoms. The van der Waals surface area contributed by atoms with Crippen LogP contribution in [0.2, 0.25) is 0 Å². The highest BCUT2D eigenvalue weighted by Gasteiger charge is 2.36. The van der Waals surface area contributed by atoms with Gasteiger partial charge in [0.15, 0.2) is 0 Å². The van der Waals surface area contributed by atoms with Crippen LogP contribution in [0.25, 0.3) is 23.3 Å². The highest BCUT2D eigenvalue weighted by molar-refractivity contribution is 5.87. The number of benzene rings is 7. The molecule has 0 atom stereocenters. The van der Waals surface area contributed by atoms with Gasteiger partial charge in [-0.2, -0.15) is 0 Å². The van der Waals surface area contributed by atoms with Gasteiger partial charge in [-0.05, 0) is 144 Å². The molecular weight excluding hydrogens is 673 g/mol. The van der Waals surface area contributed by atoms with E-state index in [0.717, 1.165) is 51.2 Å². The lowest BCUT2D eigenvalue weighted by Gasteiger charge is -2.28. The first kappa shape index (κ1) is 35.5. The van der Waals surface area contributed by atoms with E-state index in [9.17, 15) is 0 Å². The van der Waals surface area contributed by atoms with Crippen molar-refractivity contribution in [2.45, 2.75) is 33.1 Å². The number of ether oxygens (including phenoxy) is 2. The summed E-state index contributed by atoms with van der Waals surface area (Å²) in [7, 11) is 3.39. The van der Waals surface area contributed by atoms with Crippen molar-refractivity contribution in [2.24, 2.45) is 0 Å². The number of hydrogen-bond donors (Lipinski definition) is 0. The van der Waals surface area contributed by atoms with Crippen molar-refractivity contribution in [2.75, 3.05) is 24.0 Å². The molecule has 0 saturated heterocycles. The van der Waals surface area contributed by atoms with Crippen LogP contribution in [0.15, 0.2) is 158 Å². The smallest absolute Gasteiger partial charge is 0.119 e. The van der Waals surface area contributed by atoms with Crippen molar-refractivity contribution in [3.05, 3.63) is 191 Å². The maximum atomic E-state index is 5.47. The maximum Gasteiger partial charge on any atom is 0.119 e. The normalized spacial score (nSPS) is 12.6. The van der Waals surface area contributed by atoms with Crippen LogP contribution in [-0.4, -0.2) is 14.2 Å². The van der Waals surface area contributed by atoms with Crippen LogP contribution in [0.3, 0.4) is 0 Å². The summed E-state index contributed by atoms with van der Waals surface area (Å²) in [5.74, 6) is 1.66. The summed E-state index contributed by atoms with van der Waals surface area (Å²) in [6.07, 6.45) is 4.44. The molecule has 55 heavy (non-hydrogen) atoms. The molecule has 7 aromatic rings. The Morgan fingerprint density at radius 1 is 0.400 bits per heavy atom. The SMILES string of the molecule is COc1ccc(N(c2ccc(OC)cc2)c2ccc3c(c2)C(C)(C)c2cc(/C=C/c4ccc(N(c5ccc(C)cc5)c5ccc(C)cc5)cc4)ccc2-3)cc1. The quantitative estimate of drug-likeness (QED) is 0.131. The third-order valence-electron chi connectivity index (χ3n) is 10.8. The number of nitrogens with zero attached hydrogens (tertiary/aromatic N) is 2. The van der Waals surface area contributed by atoms with Gasteiger partial charge < -0.3 is 19.3 Å². The van der Waals surface area contributed by atoms with E-state index in [4.69, 9.17) is 9.47 Å². The fourth-order valence-electron chi connectivity index (χ4n) is 7.66. The van der Waals surface area contributed by atoms with Crippen LogP contribution in [-0.2, 0) is 5.41 Å². The first-order valence-corrected chi connectivity index (χ1v) is 18.8. The summed E-state index contributed by atoms with van der Waals surface area (Å²) in [6.45, 7) is 8.93. The first-order chi connectivity index (χ1) is 26.7. The van der Waals surface area contributed by atoms with Crippen molar-refractivity contribution in [1.29, 1.82) is 0 Å². The standard InChI is InChI=1S/C51H46N2O2/c1-35-7-16-39(17-8-35)52(40-18-9-36(2)10-19-40)41-20-13-37(14-21-41)11-12-38-15-31-47-48-32-26-44(34-50(48)51(3,4)49(47)33-38)53(42-22-27-45(54-5)28-23-42)43-24-29-46(55-6)30-25-43/h7-34H,1-6H3/b12-11+. The first-order valence-electron chi connectivity index (χ1n) is 18.8. The number of fused-ring (bicyclic) bond motifs is 3. The molecule has 0 aromatic heterocycles. The van der Waals surface area contributed by atoms with Crippen LogP contribution >= 0.6 is 0 Å². The third kappa shape index (κ3) is 7.00. The van der Waals surface area contributed by atoms with Gasteiger partial charge in [-0.1, -0.05) is 97.8 Å². The zero-order chi connectivity index (χ0) is 38.1. The van der Waals surface area contributed by atoms with Gasteiger partial charge in [0.2, 0.25) is 0 Å². The second kappa shape index (κ2) is 14.7. The molecule has 0 heterocycles. The third-order valence-corrected chi connectivity index (χ3v) is 10.8. The van der Waals surface area contributed by atoms with E-state index in [-0.39, 0.29) is 5.41 Å². The highest BCUT2D eigenvalue weighted by Crippen LogP contribution is 2.51. The molecule has 0 radical (unpaired) electrons. The molecule has 1 aliphatic carbocycles. The summed E-state index contributed by atoms with van der Waals surface area (Å²) < 4.78 is 10.9. The van der Waals surface area contributed by atoms with Crippen molar-refractivity contribution in [3.8, 4) is 22.6 Å². The van der Waals surface area contributed by atoms with Crippen LogP contribution in [0, 0.1) is 13.8 Å². The maximum absolute atomic E-state index is 5.47. The molecule has 0 spiro atoms. The number of aryl methyl sites for hydroxylation is 2. The zero-order valence-corrected chi connectivity index (χ0v) is 32.4. The molecule has 4 nitrogen and oxygen atoms in total. The van der Waals surface area contributed by atoms with Gasteiger partial charge in [0.05, 0.1) is 14.2 Å². The van der Waals surface area contributed by atoms with Crippen LogP contribution in [0.4, 0.5) is 34.1 Å². The Kier molecular flexibility index (Phi) is 9.50. The van der Waals surface area contributed by atoms with E-state index >= 15 is 0 Å². The lowest BCUT2D eigenvalue weighted by Crippen LogP contribution is -2.16. The van der Waals surface area contributed by atoms with Gasteiger partial charge >= 0.3 is 0 Å². The lowest BCUT2D eigenvalue weighted by atomic mass is 9.81. The fourth-order valence-corrected chi connectivity index (χ4v) is 7.66. The second-order valence-corrected chi connectivity index (χ2v) is 14.8. The molecule has 0 N–H and O–H groups in total. The molecule has 4 heteroatoms. The second-order valence-electron chi connectivity index (χ2n) is 14.8. The Balaban J connectivity index is 1.07. The molecule has 0 fully saturated rings. The summed E-state index contributed by atoms with van der Waals surface area (Å²) in [5.41, 5.74) is 16.5. The van der Waals surface area contributed by atoms with Crippen molar-refractivity contribution in [3.63, 3.8) is 0 Å². The Labute approximate surface area is 325 Å². The van der Waals surface area contributed by atoms with E-state index in [1.165, 1.54) is 38.9 Å².